The molecule has 0 saturated carbocycles. The van der Waals surface area contributed by atoms with Crippen molar-refractivity contribution in [2.45, 2.75) is 31.9 Å². The number of amides is 2. The van der Waals surface area contributed by atoms with E-state index in [-0.39, 0.29) is 10.8 Å². The molecule has 1 aromatic rings. The van der Waals surface area contributed by atoms with E-state index in [2.05, 4.69) is 10.6 Å². The summed E-state index contributed by atoms with van der Waals surface area (Å²) in [6.07, 6.45) is 0.755. The van der Waals surface area contributed by atoms with Crippen molar-refractivity contribution in [2.24, 2.45) is 0 Å². The maximum absolute atomic E-state index is 11.8. The van der Waals surface area contributed by atoms with Gasteiger partial charge in [-0.25, -0.2) is 4.79 Å². The zero-order valence-electron chi connectivity index (χ0n) is 13.8. The Morgan fingerprint density at radius 3 is 2.27 bits per heavy atom. The summed E-state index contributed by atoms with van der Waals surface area (Å²) in [6.45, 7) is 6.76. The largest absolute Gasteiger partial charge is 0.497 e. The van der Waals surface area contributed by atoms with E-state index >= 15 is 0 Å². The van der Waals surface area contributed by atoms with Crippen LogP contribution < -0.4 is 15.4 Å². The summed E-state index contributed by atoms with van der Waals surface area (Å²) in [5.74, 6) is 1.29. The minimum absolute atomic E-state index is 0.223. The molecule has 1 atom stereocenters. The van der Waals surface area contributed by atoms with Gasteiger partial charge in [-0.05, 0) is 44.9 Å². The highest BCUT2D eigenvalue weighted by Gasteiger charge is 2.18. The minimum atomic E-state index is -0.947. The van der Waals surface area contributed by atoms with E-state index in [1.807, 2.05) is 45.0 Å². The van der Waals surface area contributed by atoms with Crippen molar-refractivity contribution >= 4 is 16.8 Å². The van der Waals surface area contributed by atoms with E-state index in [0.717, 1.165) is 17.7 Å². The first-order chi connectivity index (χ1) is 10.3. The standard InChI is InChI=1S/C16H26N2O3S/c1-16(2,3)22(20)12-11-18-15(19)17-10-9-13-5-7-14(21-4)8-6-13/h5-8H,9-12H2,1-4H3,(H2,17,18,19)/t22-/m0/s1. The minimum Gasteiger partial charge on any atom is -0.497 e. The molecule has 0 saturated heterocycles. The van der Waals surface area contributed by atoms with Gasteiger partial charge in [0.1, 0.15) is 5.75 Å². The molecule has 0 fully saturated rings. The highest BCUT2D eigenvalue weighted by atomic mass is 32.2. The predicted octanol–water partition coefficient (Wildman–Crippen LogP) is 2.08. The van der Waals surface area contributed by atoms with Crippen LogP contribution in [0.25, 0.3) is 0 Å². The summed E-state index contributed by atoms with van der Waals surface area (Å²) in [7, 11) is 0.686. The number of hydrogen-bond acceptors (Lipinski definition) is 3. The summed E-state index contributed by atoms with van der Waals surface area (Å²) in [6, 6.07) is 7.53. The average molecular weight is 326 g/mol. The first-order valence-corrected chi connectivity index (χ1v) is 8.68. The number of ether oxygens (including phenoxy) is 1. The van der Waals surface area contributed by atoms with Crippen LogP contribution in [-0.2, 0) is 17.2 Å². The van der Waals surface area contributed by atoms with Crippen LogP contribution in [0.4, 0.5) is 4.79 Å². The SMILES string of the molecule is COc1ccc(CCNC(=O)NCC[S@](=O)C(C)(C)C)cc1. The lowest BCUT2D eigenvalue weighted by atomic mass is 10.1. The number of benzene rings is 1. The molecule has 0 aliphatic carbocycles. The van der Waals surface area contributed by atoms with Gasteiger partial charge in [-0.15, -0.1) is 0 Å². The molecule has 0 unspecified atom stereocenters. The van der Waals surface area contributed by atoms with Gasteiger partial charge in [-0.1, -0.05) is 12.1 Å². The summed E-state index contributed by atoms with van der Waals surface area (Å²) in [4.78, 5) is 11.6. The molecule has 0 radical (unpaired) electrons. The zero-order valence-corrected chi connectivity index (χ0v) is 14.6. The van der Waals surface area contributed by atoms with E-state index < -0.39 is 10.8 Å². The first kappa shape index (κ1) is 18.5. The van der Waals surface area contributed by atoms with Gasteiger partial charge in [-0.3, -0.25) is 4.21 Å². The van der Waals surface area contributed by atoms with Crippen molar-refractivity contribution in [3.8, 4) is 5.75 Å². The molecular formula is C16H26N2O3S. The molecule has 22 heavy (non-hydrogen) atoms. The van der Waals surface area contributed by atoms with Crippen molar-refractivity contribution in [3.63, 3.8) is 0 Å². The summed E-state index contributed by atoms with van der Waals surface area (Å²) >= 11 is 0. The molecule has 5 nitrogen and oxygen atoms in total. The van der Waals surface area contributed by atoms with Crippen LogP contribution in [0.3, 0.4) is 0 Å². The Morgan fingerprint density at radius 2 is 1.73 bits per heavy atom. The topological polar surface area (TPSA) is 67.4 Å². The molecule has 0 aliphatic rings. The summed E-state index contributed by atoms with van der Waals surface area (Å²) in [5, 5.41) is 5.52. The monoisotopic (exact) mass is 326 g/mol. The van der Waals surface area contributed by atoms with Gasteiger partial charge in [0.25, 0.3) is 0 Å². The Bertz CT molecular complexity index is 495. The predicted molar refractivity (Wildman–Crippen MR) is 90.9 cm³/mol. The number of carbonyl (C=O) groups is 1. The number of hydrogen-bond donors (Lipinski definition) is 2. The van der Waals surface area contributed by atoms with Crippen LogP contribution >= 0.6 is 0 Å². The molecule has 1 aromatic carbocycles. The lowest BCUT2D eigenvalue weighted by molar-refractivity contribution is 0.241. The molecule has 0 spiro atoms. The highest BCUT2D eigenvalue weighted by Crippen LogP contribution is 2.11. The van der Waals surface area contributed by atoms with Crippen LogP contribution in [0.5, 0.6) is 5.75 Å². The van der Waals surface area contributed by atoms with Crippen molar-refractivity contribution in [1.82, 2.24) is 10.6 Å². The van der Waals surface area contributed by atoms with E-state index in [9.17, 15) is 9.00 Å². The van der Waals surface area contributed by atoms with E-state index in [0.29, 0.717) is 18.8 Å². The summed E-state index contributed by atoms with van der Waals surface area (Å²) in [5.41, 5.74) is 1.13. The molecular weight excluding hydrogens is 300 g/mol. The molecule has 124 valence electrons. The quantitative estimate of drug-likeness (QED) is 0.806. The van der Waals surface area contributed by atoms with Crippen LogP contribution in [0.2, 0.25) is 0 Å². The second-order valence-electron chi connectivity index (χ2n) is 5.94. The molecule has 0 bridgehead atoms. The maximum atomic E-state index is 11.8. The molecule has 1 rings (SSSR count). The maximum Gasteiger partial charge on any atom is 0.314 e. The van der Waals surface area contributed by atoms with Gasteiger partial charge in [0.05, 0.1) is 7.11 Å². The Balaban J connectivity index is 2.19. The lowest BCUT2D eigenvalue weighted by Gasteiger charge is -2.17. The van der Waals surface area contributed by atoms with Crippen LogP contribution in [0.1, 0.15) is 26.3 Å². The first-order valence-electron chi connectivity index (χ1n) is 7.36. The van der Waals surface area contributed by atoms with E-state index in [4.69, 9.17) is 4.74 Å². The van der Waals surface area contributed by atoms with Crippen molar-refractivity contribution in [2.75, 3.05) is 26.0 Å². The van der Waals surface area contributed by atoms with E-state index in [1.165, 1.54) is 0 Å². The third kappa shape index (κ3) is 6.93. The fraction of sp³-hybridized carbons (Fsp3) is 0.562. The third-order valence-corrected chi connectivity index (χ3v) is 5.06. The normalized spacial score (nSPS) is 12.5. The van der Waals surface area contributed by atoms with Gasteiger partial charge < -0.3 is 15.4 Å². The zero-order chi connectivity index (χ0) is 16.6. The average Bonchev–Trinajstić information content (AvgIpc) is 2.47. The van der Waals surface area contributed by atoms with Gasteiger partial charge >= 0.3 is 6.03 Å². The third-order valence-electron chi connectivity index (χ3n) is 3.11. The van der Waals surface area contributed by atoms with E-state index in [1.54, 1.807) is 7.11 Å². The Kier molecular flexibility index (Phi) is 7.38. The second kappa shape index (κ2) is 8.78. The van der Waals surface area contributed by atoms with Crippen molar-refractivity contribution in [1.29, 1.82) is 0 Å². The fourth-order valence-corrected chi connectivity index (χ4v) is 2.64. The summed E-state index contributed by atoms with van der Waals surface area (Å²) < 4.78 is 16.7. The number of nitrogens with one attached hydrogen (secondary N) is 2. The van der Waals surface area contributed by atoms with Crippen LogP contribution in [-0.4, -0.2) is 40.9 Å². The smallest absolute Gasteiger partial charge is 0.314 e. The Hall–Kier alpha value is -1.56. The van der Waals surface area contributed by atoms with Crippen LogP contribution in [0.15, 0.2) is 24.3 Å². The second-order valence-corrected chi connectivity index (χ2v) is 8.27. The molecule has 6 heteroatoms. The van der Waals surface area contributed by atoms with Gasteiger partial charge in [-0.2, -0.15) is 0 Å². The lowest BCUT2D eigenvalue weighted by Crippen LogP contribution is -2.39. The van der Waals surface area contributed by atoms with Crippen molar-refractivity contribution < 1.29 is 13.7 Å². The highest BCUT2D eigenvalue weighted by molar-refractivity contribution is 7.86. The molecule has 0 aromatic heterocycles. The Morgan fingerprint density at radius 1 is 1.14 bits per heavy atom. The van der Waals surface area contributed by atoms with Gasteiger partial charge in [0.15, 0.2) is 0 Å². The Labute approximate surface area is 135 Å². The number of urea groups is 1. The fourth-order valence-electron chi connectivity index (χ4n) is 1.74. The van der Waals surface area contributed by atoms with Crippen LogP contribution in [0, 0.1) is 0 Å². The number of methoxy groups -OCH3 is 1. The molecule has 2 amide bonds. The number of rotatable bonds is 7. The van der Waals surface area contributed by atoms with Gasteiger partial charge in [0.2, 0.25) is 0 Å². The molecule has 2 N–H and O–H groups in total. The van der Waals surface area contributed by atoms with Gasteiger partial charge in [0, 0.05) is 34.4 Å². The van der Waals surface area contributed by atoms with Crippen molar-refractivity contribution in [3.05, 3.63) is 29.8 Å². The number of carbonyl (C=O) groups excluding carboxylic acids is 1. The molecule has 0 aliphatic heterocycles. The molecule has 0 heterocycles.